The number of hydrogen-bond donors (Lipinski definition) is 1. The lowest BCUT2D eigenvalue weighted by Gasteiger charge is -2.27. The summed E-state index contributed by atoms with van der Waals surface area (Å²) >= 11 is 0. The fraction of sp³-hybridized carbons (Fsp3) is 0.310. The fourth-order valence-corrected chi connectivity index (χ4v) is 4.20. The summed E-state index contributed by atoms with van der Waals surface area (Å²) < 4.78 is 22.1. The average Bonchev–Trinajstić information content (AvgIpc) is 2.87. The van der Waals surface area contributed by atoms with Gasteiger partial charge in [-0.2, -0.15) is 0 Å². The van der Waals surface area contributed by atoms with E-state index in [2.05, 4.69) is 38.2 Å². The Morgan fingerprint density at radius 2 is 1.56 bits per heavy atom. The summed E-state index contributed by atoms with van der Waals surface area (Å²) in [7, 11) is 4.47. The lowest BCUT2D eigenvalue weighted by Crippen LogP contribution is -2.21. The number of amides is 1. The average molecular weight is 490 g/mol. The van der Waals surface area contributed by atoms with Crippen LogP contribution in [0.25, 0.3) is 0 Å². The van der Waals surface area contributed by atoms with Crippen LogP contribution in [0.4, 0.5) is 5.69 Å². The van der Waals surface area contributed by atoms with Gasteiger partial charge in [0.2, 0.25) is 5.75 Å². The zero-order valence-corrected chi connectivity index (χ0v) is 21.4. The molecule has 188 valence electrons. The van der Waals surface area contributed by atoms with Crippen molar-refractivity contribution >= 4 is 17.4 Å². The number of fused-ring (bicyclic) bond motifs is 1. The van der Waals surface area contributed by atoms with Crippen molar-refractivity contribution in [3.8, 4) is 23.0 Å². The molecule has 1 aliphatic rings. The van der Waals surface area contributed by atoms with Crippen molar-refractivity contribution in [2.75, 3.05) is 26.6 Å². The predicted octanol–water partition coefficient (Wildman–Crippen LogP) is 5.97. The molecule has 3 aromatic rings. The van der Waals surface area contributed by atoms with Crippen molar-refractivity contribution < 1.29 is 28.5 Å². The van der Waals surface area contributed by atoms with Gasteiger partial charge in [0.15, 0.2) is 17.3 Å². The topological polar surface area (TPSA) is 83.1 Å². The summed E-state index contributed by atoms with van der Waals surface area (Å²) in [5.41, 5.74) is 3.49. The molecule has 7 heteroatoms. The van der Waals surface area contributed by atoms with E-state index in [0.29, 0.717) is 39.8 Å². The Bertz CT molecular complexity index is 1270. The van der Waals surface area contributed by atoms with Crippen LogP contribution in [0.5, 0.6) is 23.0 Å². The summed E-state index contributed by atoms with van der Waals surface area (Å²) in [5.74, 6) is 1.23. The van der Waals surface area contributed by atoms with Crippen molar-refractivity contribution in [3.63, 3.8) is 0 Å². The molecule has 1 heterocycles. The van der Waals surface area contributed by atoms with Crippen molar-refractivity contribution in [2.24, 2.45) is 0 Å². The lowest BCUT2D eigenvalue weighted by atomic mass is 9.86. The number of ether oxygens (including phenoxy) is 4. The van der Waals surface area contributed by atoms with E-state index in [1.807, 2.05) is 12.1 Å². The quantitative estimate of drug-likeness (QED) is 0.459. The van der Waals surface area contributed by atoms with Gasteiger partial charge in [-0.05, 0) is 46.9 Å². The maximum atomic E-state index is 13.0. The molecule has 1 aliphatic heterocycles. The maximum Gasteiger partial charge on any atom is 0.255 e. The van der Waals surface area contributed by atoms with Crippen LogP contribution in [0.3, 0.4) is 0 Å². The Kier molecular flexibility index (Phi) is 6.93. The molecule has 0 bridgehead atoms. The SMILES string of the molecule is COc1cc(C(=O)Nc2ccc3c(c2)C(=O)CC(c2ccc(C(C)(C)C)cc2)O3)cc(OC)c1OC. The molecule has 4 rings (SSSR count). The number of rotatable bonds is 6. The van der Waals surface area contributed by atoms with Crippen molar-refractivity contribution in [3.05, 3.63) is 76.9 Å². The molecule has 0 spiro atoms. The standard InChI is InChI=1S/C29H31NO6/c1-29(2,3)19-9-7-17(8-10-19)24-16-22(31)21-15-20(11-12-23(21)36-24)30-28(32)18-13-25(33-4)27(35-6)26(14-18)34-5/h7-15,24H,16H2,1-6H3,(H,30,32). The van der Waals surface area contributed by atoms with Crippen LogP contribution in [0.15, 0.2) is 54.6 Å². The van der Waals surface area contributed by atoms with Crippen LogP contribution in [0.1, 0.15) is 65.1 Å². The highest BCUT2D eigenvalue weighted by molar-refractivity contribution is 6.06. The summed E-state index contributed by atoms with van der Waals surface area (Å²) in [6.45, 7) is 6.49. The van der Waals surface area contributed by atoms with Crippen molar-refractivity contribution in [1.29, 1.82) is 0 Å². The van der Waals surface area contributed by atoms with Crippen molar-refractivity contribution in [1.82, 2.24) is 0 Å². The number of nitrogens with one attached hydrogen (secondary N) is 1. The van der Waals surface area contributed by atoms with Gasteiger partial charge in [-0.15, -0.1) is 0 Å². The van der Waals surface area contributed by atoms with Gasteiger partial charge in [-0.1, -0.05) is 45.0 Å². The first-order chi connectivity index (χ1) is 17.1. The molecule has 1 N–H and O–H groups in total. The van der Waals surface area contributed by atoms with Gasteiger partial charge in [0.1, 0.15) is 11.9 Å². The summed E-state index contributed by atoms with van der Waals surface area (Å²) in [5, 5.41) is 2.83. The third-order valence-corrected chi connectivity index (χ3v) is 6.25. The van der Waals surface area contributed by atoms with E-state index in [-0.39, 0.29) is 29.6 Å². The molecule has 1 unspecified atom stereocenters. The molecule has 1 atom stereocenters. The monoisotopic (exact) mass is 489 g/mol. The third kappa shape index (κ3) is 5.00. The highest BCUT2D eigenvalue weighted by atomic mass is 16.5. The molecule has 7 nitrogen and oxygen atoms in total. The van der Waals surface area contributed by atoms with Crippen molar-refractivity contribution in [2.45, 2.75) is 38.7 Å². The summed E-state index contributed by atoms with van der Waals surface area (Å²) in [6, 6.07) is 16.4. The number of Topliss-reactive ketones (excluding diaryl/α,β-unsaturated/α-hetero) is 1. The molecule has 0 aromatic heterocycles. The second-order valence-corrected chi connectivity index (χ2v) is 9.68. The minimum Gasteiger partial charge on any atom is -0.493 e. The number of methoxy groups -OCH3 is 3. The minimum absolute atomic E-state index is 0.0370. The van der Waals surface area contributed by atoms with E-state index in [1.165, 1.54) is 26.9 Å². The second kappa shape index (κ2) is 9.93. The number of anilines is 1. The summed E-state index contributed by atoms with van der Waals surface area (Å²) in [4.78, 5) is 26.0. The van der Waals surface area contributed by atoms with Crippen LogP contribution in [0, 0.1) is 0 Å². The predicted molar refractivity (Wildman–Crippen MR) is 138 cm³/mol. The van der Waals surface area contributed by atoms with Crippen LogP contribution >= 0.6 is 0 Å². The first kappa shape index (κ1) is 25.1. The number of carbonyl (C=O) groups is 2. The molecular formula is C29H31NO6. The Morgan fingerprint density at radius 3 is 2.11 bits per heavy atom. The first-order valence-electron chi connectivity index (χ1n) is 11.7. The lowest BCUT2D eigenvalue weighted by molar-refractivity contribution is 0.0849. The van der Waals surface area contributed by atoms with Gasteiger partial charge >= 0.3 is 0 Å². The van der Waals surface area contributed by atoms with Crippen LogP contribution in [0.2, 0.25) is 0 Å². The number of ketones is 1. The molecule has 0 aliphatic carbocycles. The molecule has 0 fully saturated rings. The van der Waals surface area contributed by atoms with E-state index in [9.17, 15) is 9.59 Å². The van der Waals surface area contributed by atoms with Gasteiger partial charge in [0.25, 0.3) is 5.91 Å². The van der Waals surface area contributed by atoms with E-state index in [4.69, 9.17) is 18.9 Å². The molecule has 3 aromatic carbocycles. The van der Waals surface area contributed by atoms with E-state index in [1.54, 1.807) is 30.3 Å². The summed E-state index contributed by atoms with van der Waals surface area (Å²) in [6.07, 6.45) is -0.120. The zero-order chi connectivity index (χ0) is 26.0. The smallest absolute Gasteiger partial charge is 0.255 e. The van der Waals surface area contributed by atoms with E-state index >= 15 is 0 Å². The fourth-order valence-electron chi connectivity index (χ4n) is 4.20. The first-order valence-corrected chi connectivity index (χ1v) is 11.7. The maximum absolute atomic E-state index is 13.0. The molecular weight excluding hydrogens is 458 g/mol. The van der Waals surface area contributed by atoms with Gasteiger partial charge in [0, 0.05) is 11.3 Å². The largest absolute Gasteiger partial charge is 0.493 e. The van der Waals surface area contributed by atoms with Crippen LogP contribution in [-0.4, -0.2) is 33.0 Å². The van der Waals surface area contributed by atoms with Crippen LogP contribution < -0.4 is 24.3 Å². The second-order valence-electron chi connectivity index (χ2n) is 9.68. The molecule has 0 saturated carbocycles. The number of benzene rings is 3. The normalized spacial score (nSPS) is 14.9. The minimum atomic E-state index is -0.379. The van der Waals surface area contributed by atoms with Gasteiger partial charge in [0.05, 0.1) is 33.3 Å². The zero-order valence-electron chi connectivity index (χ0n) is 21.4. The Morgan fingerprint density at radius 1 is 0.917 bits per heavy atom. The molecule has 1 amide bonds. The number of hydrogen-bond acceptors (Lipinski definition) is 6. The Balaban J connectivity index is 1.53. The van der Waals surface area contributed by atoms with Gasteiger partial charge < -0.3 is 24.3 Å². The Hall–Kier alpha value is -4.00. The van der Waals surface area contributed by atoms with Gasteiger partial charge in [-0.3, -0.25) is 9.59 Å². The van der Waals surface area contributed by atoms with Gasteiger partial charge in [-0.25, -0.2) is 0 Å². The Labute approximate surface area is 211 Å². The highest BCUT2D eigenvalue weighted by Crippen LogP contribution is 2.39. The molecule has 0 radical (unpaired) electrons. The molecule has 36 heavy (non-hydrogen) atoms. The third-order valence-electron chi connectivity index (χ3n) is 6.25. The molecule has 0 saturated heterocycles. The van der Waals surface area contributed by atoms with Crippen LogP contribution in [-0.2, 0) is 5.41 Å². The van der Waals surface area contributed by atoms with E-state index in [0.717, 1.165) is 5.56 Å². The number of carbonyl (C=O) groups excluding carboxylic acids is 2. The van der Waals surface area contributed by atoms with E-state index < -0.39 is 0 Å². The highest BCUT2D eigenvalue weighted by Gasteiger charge is 2.28.